The topological polar surface area (TPSA) is 40.5 Å². The average Bonchev–Trinajstić information content (AvgIpc) is 2.41. The first-order valence-electron chi connectivity index (χ1n) is 5.97. The molecule has 1 aliphatic heterocycles. The minimum Gasteiger partial charge on any atom is -0.396 e. The van der Waals surface area contributed by atoms with Crippen LogP contribution in [0.5, 0.6) is 0 Å². The molecule has 0 saturated carbocycles. The average molecular weight is 377 g/mol. The third kappa shape index (κ3) is 3.13. The lowest BCUT2D eigenvalue weighted by atomic mass is 9.98. The van der Waals surface area contributed by atoms with E-state index in [2.05, 4.69) is 31.9 Å². The van der Waals surface area contributed by atoms with E-state index in [0.717, 1.165) is 28.3 Å². The predicted octanol–water partition coefficient (Wildman–Crippen LogP) is 3.06. The van der Waals surface area contributed by atoms with Gasteiger partial charge in [-0.25, -0.2) is 0 Å². The molecule has 98 valence electrons. The molecule has 1 atom stereocenters. The number of carbonyl (C=O) groups is 1. The van der Waals surface area contributed by atoms with Crippen LogP contribution in [0.2, 0.25) is 0 Å². The van der Waals surface area contributed by atoms with Crippen LogP contribution in [0, 0.1) is 5.92 Å². The molecule has 3 nitrogen and oxygen atoms in total. The van der Waals surface area contributed by atoms with Crippen molar-refractivity contribution in [2.45, 2.75) is 12.8 Å². The molecule has 1 fully saturated rings. The van der Waals surface area contributed by atoms with Crippen molar-refractivity contribution < 1.29 is 9.90 Å². The van der Waals surface area contributed by atoms with Crippen molar-refractivity contribution in [3.63, 3.8) is 0 Å². The molecule has 1 unspecified atom stereocenters. The Labute approximate surface area is 123 Å². The number of piperidine rings is 1. The first kappa shape index (κ1) is 14.0. The van der Waals surface area contributed by atoms with Gasteiger partial charge in [-0.05, 0) is 52.9 Å². The largest absolute Gasteiger partial charge is 0.396 e. The molecule has 0 aliphatic carbocycles. The summed E-state index contributed by atoms with van der Waals surface area (Å²) in [6.07, 6.45) is 1.96. The molecule has 2 rings (SSSR count). The highest BCUT2D eigenvalue weighted by molar-refractivity contribution is 9.11. The molecule has 1 aliphatic rings. The lowest BCUT2D eigenvalue weighted by Gasteiger charge is -2.32. The van der Waals surface area contributed by atoms with E-state index in [1.807, 2.05) is 23.1 Å². The predicted molar refractivity (Wildman–Crippen MR) is 77.6 cm³/mol. The molecule has 1 amide bonds. The van der Waals surface area contributed by atoms with Gasteiger partial charge in [0.1, 0.15) is 0 Å². The zero-order chi connectivity index (χ0) is 13.1. The fourth-order valence-electron chi connectivity index (χ4n) is 2.23. The van der Waals surface area contributed by atoms with Crippen LogP contribution < -0.4 is 0 Å². The lowest BCUT2D eigenvalue weighted by Crippen LogP contribution is -2.41. The van der Waals surface area contributed by atoms with Crippen LogP contribution in [0.3, 0.4) is 0 Å². The number of hydrogen-bond donors (Lipinski definition) is 1. The summed E-state index contributed by atoms with van der Waals surface area (Å²) in [6.45, 7) is 1.58. The second kappa shape index (κ2) is 6.17. The van der Waals surface area contributed by atoms with Gasteiger partial charge in [-0.2, -0.15) is 0 Å². The molecule has 0 spiro atoms. The lowest BCUT2D eigenvalue weighted by molar-refractivity contribution is 0.0620. The number of aliphatic hydroxyl groups excluding tert-OH is 1. The molecular weight excluding hydrogens is 362 g/mol. The molecule has 1 aromatic rings. The summed E-state index contributed by atoms with van der Waals surface area (Å²) in [4.78, 5) is 14.3. The van der Waals surface area contributed by atoms with Gasteiger partial charge in [-0.15, -0.1) is 0 Å². The van der Waals surface area contributed by atoms with Gasteiger partial charge in [0.25, 0.3) is 5.91 Å². The number of halogens is 2. The van der Waals surface area contributed by atoms with E-state index in [-0.39, 0.29) is 18.4 Å². The molecule has 1 aromatic carbocycles. The second-order valence-corrected chi connectivity index (χ2v) is 6.34. The summed E-state index contributed by atoms with van der Waals surface area (Å²) in [6, 6.07) is 5.59. The monoisotopic (exact) mass is 375 g/mol. The van der Waals surface area contributed by atoms with Gasteiger partial charge in [-0.3, -0.25) is 4.79 Å². The molecule has 18 heavy (non-hydrogen) atoms. The Kier molecular flexibility index (Phi) is 4.81. The second-order valence-electron chi connectivity index (χ2n) is 4.57. The number of carbonyl (C=O) groups excluding carboxylic acids is 1. The fraction of sp³-hybridized carbons (Fsp3) is 0.462. The van der Waals surface area contributed by atoms with Crippen LogP contribution in [-0.2, 0) is 0 Å². The number of amides is 1. The van der Waals surface area contributed by atoms with Gasteiger partial charge in [0.05, 0.1) is 5.56 Å². The Bertz CT molecular complexity index is 451. The summed E-state index contributed by atoms with van der Waals surface area (Å²) in [5, 5.41) is 9.21. The van der Waals surface area contributed by atoms with Crippen LogP contribution >= 0.6 is 31.9 Å². The van der Waals surface area contributed by atoms with Crippen molar-refractivity contribution in [2.75, 3.05) is 19.7 Å². The molecule has 0 aromatic heterocycles. The van der Waals surface area contributed by atoms with Crippen LogP contribution in [-0.4, -0.2) is 35.6 Å². The minimum atomic E-state index is 0.0290. The molecule has 1 N–H and O–H groups in total. The highest BCUT2D eigenvalue weighted by Crippen LogP contribution is 2.25. The van der Waals surface area contributed by atoms with Crippen molar-refractivity contribution in [3.8, 4) is 0 Å². The van der Waals surface area contributed by atoms with Crippen LogP contribution in [0.1, 0.15) is 23.2 Å². The third-order valence-electron chi connectivity index (χ3n) is 3.22. The summed E-state index contributed by atoms with van der Waals surface area (Å²) in [5.74, 6) is 0.245. The third-order valence-corrected chi connectivity index (χ3v) is 4.41. The van der Waals surface area contributed by atoms with E-state index < -0.39 is 0 Å². The SMILES string of the molecule is O=C(c1cc(Br)ccc1Br)N1CCCC(CO)C1. The van der Waals surface area contributed by atoms with Gasteiger partial charge < -0.3 is 10.0 Å². The Hall–Kier alpha value is -0.390. The first-order chi connectivity index (χ1) is 8.61. The van der Waals surface area contributed by atoms with Crippen LogP contribution in [0.4, 0.5) is 0 Å². The van der Waals surface area contributed by atoms with E-state index in [9.17, 15) is 9.90 Å². The summed E-state index contributed by atoms with van der Waals surface area (Å²) < 4.78 is 1.70. The van der Waals surface area contributed by atoms with Crippen molar-refractivity contribution in [1.82, 2.24) is 4.90 Å². The number of rotatable bonds is 2. The van der Waals surface area contributed by atoms with E-state index in [0.29, 0.717) is 12.1 Å². The highest BCUT2D eigenvalue weighted by Gasteiger charge is 2.25. The number of aliphatic hydroxyl groups is 1. The van der Waals surface area contributed by atoms with Gasteiger partial charge >= 0.3 is 0 Å². The van der Waals surface area contributed by atoms with Crippen molar-refractivity contribution in [2.24, 2.45) is 5.92 Å². The number of benzene rings is 1. The Morgan fingerprint density at radius 2 is 2.22 bits per heavy atom. The number of nitrogens with zero attached hydrogens (tertiary/aromatic N) is 1. The van der Waals surface area contributed by atoms with E-state index in [1.165, 1.54) is 0 Å². The molecule has 5 heteroatoms. The summed E-state index contributed by atoms with van der Waals surface area (Å²) >= 11 is 6.79. The summed E-state index contributed by atoms with van der Waals surface area (Å²) in [7, 11) is 0. The Morgan fingerprint density at radius 3 is 2.94 bits per heavy atom. The fourth-order valence-corrected chi connectivity index (χ4v) is 3.01. The molecular formula is C13H15Br2NO2. The molecule has 0 radical (unpaired) electrons. The molecule has 1 heterocycles. The highest BCUT2D eigenvalue weighted by atomic mass is 79.9. The maximum atomic E-state index is 12.4. The standard InChI is InChI=1S/C13H15Br2NO2/c14-10-3-4-12(15)11(6-10)13(18)16-5-1-2-9(7-16)8-17/h3-4,6,9,17H,1-2,5,7-8H2. The van der Waals surface area contributed by atoms with E-state index >= 15 is 0 Å². The number of hydrogen-bond acceptors (Lipinski definition) is 2. The Morgan fingerprint density at radius 1 is 1.44 bits per heavy atom. The first-order valence-corrected chi connectivity index (χ1v) is 7.55. The van der Waals surface area contributed by atoms with E-state index in [1.54, 1.807) is 0 Å². The Balaban J connectivity index is 2.17. The van der Waals surface area contributed by atoms with Gasteiger partial charge in [0.15, 0.2) is 0 Å². The maximum Gasteiger partial charge on any atom is 0.255 e. The van der Waals surface area contributed by atoms with Crippen LogP contribution in [0.25, 0.3) is 0 Å². The molecule has 0 bridgehead atoms. The van der Waals surface area contributed by atoms with Crippen molar-refractivity contribution in [3.05, 3.63) is 32.7 Å². The van der Waals surface area contributed by atoms with Gasteiger partial charge in [0.2, 0.25) is 0 Å². The zero-order valence-electron chi connectivity index (χ0n) is 9.90. The maximum absolute atomic E-state index is 12.4. The minimum absolute atomic E-state index is 0.0290. The van der Waals surface area contributed by atoms with Gasteiger partial charge in [-0.1, -0.05) is 15.9 Å². The van der Waals surface area contributed by atoms with Crippen LogP contribution in [0.15, 0.2) is 27.1 Å². The number of likely N-dealkylation sites (tertiary alicyclic amines) is 1. The zero-order valence-corrected chi connectivity index (χ0v) is 13.1. The smallest absolute Gasteiger partial charge is 0.255 e. The normalized spacial score (nSPS) is 19.9. The van der Waals surface area contributed by atoms with E-state index in [4.69, 9.17) is 0 Å². The quantitative estimate of drug-likeness (QED) is 0.861. The van der Waals surface area contributed by atoms with Crippen molar-refractivity contribution >= 4 is 37.8 Å². The van der Waals surface area contributed by atoms with Crippen molar-refractivity contribution in [1.29, 1.82) is 0 Å². The summed E-state index contributed by atoms with van der Waals surface area (Å²) in [5.41, 5.74) is 0.669. The molecule has 1 saturated heterocycles. The van der Waals surface area contributed by atoms with Gasteiger partial charge in [0, 0.05) is 28.6 Å².